The molecule has 0 radical (unpaired) electrons. The Balaban J connectivity index is 1.71. The van der Waals surface area contributed by atoms with Crippen LogP contribution >= 0.6 is 0 Å². The van der Waals surface area contributed by atoms with Gasteiger partial charge in [0.2, 0.25) is 5.91 Å². The smallest absolute Gasteiger partial charge is 0.228 e. The molecule has 1 aliphatic heterocycles. The number of nitrogen functional groups attached to an aromatic ring is 1. The summed E-state index contributed by atoms with van der Waals surface area (Å²) in [7, 11) is 0. The van der Waals surface area contributed by atoms with Crippen LogP contribution in [0.3, 0.4) is 0 Å². The van der Waals surface area contributed by atoms with Gasteiger partial charge in [0.05, 0.1) is 17.7 Å². The normalized spacial score (nSPS) is 17.6. The first-order valence-corrected chi connectivity index (χ1v) is 6.79. The van der Waals surface area contributed by atoms with Gasteiger partial charge in [0.25, 0.3) is 0 Å². The average Bonchev–Trinajstić information content (AvgIpc) is 2.89. The molecule has 1 amide bonds. The molecule has 2 aromatic rings. The van der Waals surface area contributed by atoms with Gasteiger partial charge in [0, 0.05) is 30.8 Å². The fourth-order valence-corrected chi connectivity index (χ4v) is 2.62. The zero-order valence-corrected chi connectivity index (χ0v) is 11.5. The minimum Gasteiger partial charge on any atom is -0.397 e. The Bertz CT molecular complexity index is 647. The van der Waals surface area contributed by atoms with E-state index in [1.165, 1.54) is 0 Å². The van der Waals surface area contributed by atoms with Crippen LogP contribution in [-0.4, -0.2) is 15.5 Å². The zero-order valence-electron chi connectivity index (χ0n) is 11.5. The van der Waals surface area contributed by atoms with E-state index in [1.54, 1.807) is 0 Å². The standard InChI is InChI=1S/C15H18N4O/c1-10-2-3-14(13(16)6-10)18-15(20)11-4-5-19-9-17-8-12(19)7-11/h2-3,6,8-9,11H,4-5,7,16H2,1H3,(H,18,20). The number of fused-ring (bicyclic) bond motifs is 1. The van der Waals surface area contributed by atoms with Gasteiger partial charge in [-0.3, -0.25) is 4.79 Å². The molecule has 3 N–H and O–H groups in total. The van der Waals surface area contributed by atoms with Gasteiger partial charge in [-0.2, -0.15) is 0 Å². The van der Waals surface area contributed by atoms with Gasteiger partial charge in [-0.25, -0.2) is 4.98 Å². The number of carbonyl (C=O) groups is 1. The van der Waals surface area contributed by atoms with Crippen molar-refractivity contribution in [2.75, 3.05) is 11.1 Å². The molecule has 1 aliphatic rings. The number of rotatable bonds is 2. The number of hydrogen-bond donors (Lipinski definition) is 2. The summed E-state index contributed by atoms with van der Waals surface area (Å²) in [5.41, 5.74) is 9.44. The summed E-state index contributed by atoms with van der Waals surface area (Å²) in [5.74, 6) is 0.0212. The number of hydrogen-bond acceptors (Lipinski definition) is 3. The van der Waals surface area contributed by atoms with E-state index in [0.717, 1.165) is 30.6 Å². The van der Waals surface area contributed by atoms with Crippen molar-refractivity contribution in [2.24, 2.45) is 5.92 Å². The van der Waals surface area contributed by atoms with Crippen molar-refractivity contribution in [3.63, 3.8) is 0 Å². The van der Waals surface area contributed by atoms with Crippen molar-refractivity contribution in [3.05, 3.63) is 42.0 Å². The van der Waals surface area contributed by atoms with Gasteiger partial charge in [-0.05, 0) is 31.0 Å². The van der Waals surface area contributed by atoms with Crippen molar-refractivity contribution in [1.82, 2.24) is 9.55 Å². The summed E-state index contributed by atoms with van der Waals surface area (Å²) in [6, 6.07) is 5.67. The van der Waals surface area contributed by atoms with E-state index < -0.39 is 0 Å². The predicted octanol–water partition coefficient (Wildman–Crippen LogP) is 1.97. The average molecular weight is 270 g/mol. The van der Waals surface area contributed by atoms with Gasteiger partial charge < -0.3 is 15.6 Å². The molecule has 0 aliphatic carbocycles. The monoisotopic (exact) mass is 270 g/mol. The lowest BCUT2D eigenvalue weighted by Gasteiger charge is -2.23. The highest BCUT2D eigenvalue weighted by Crippen LogP contribution is 2.24. The molecule has 0 saturated heterocycles. The highest BCUT2D eigenvalue weighted by Gasteiger charge is 2.25. The number of imidazole rings is 1. The molecule has 2 heterocycles. The van der Waals surface area contributed by atoms with E-state index >= 15 is 0 Å². The molecular formula is C15H18N4O. The minimum absolute atomic E-state index is 0.0140. The second kappa shape index (κ2) is 5.00. The van der Waals surface area contributed by atoms with Crippen molar-refractivity contribution < 1.29 is 4.79 Å². The van der Waals surface area contributed by atoms with Crippen LogP contribution in [0.25, 0.3) is 0 Å². The third-order valence-corrected chi connectivity index (χ3v) is 3.81. The molecule has 0 fully saturated rings. The molecule has 0 saturated carbocycles. The number of nitrogens with zero attached hydrogens (tertiary/aromatic N) is 2. The lowest BCUT2D eigenvalue weighted by Crippen LogP contribution is -2.30. The molecular weight excluding hydrogens is 252 g/mol. The number of anilines is 2. The van der Waals surface area contributed by atoms with Crippen molar-refractivity contribution in [2.45, 2.75) is 26.3 Å². The third kappa shape index (κ3) is 2.39. The molecule has 5 heteroatoms. The van der Waals surface area contributed by atoms with Crippen LogP contribution in [0.2, 0.25) is 0 Å². The van der Waals surface area contributed by atoms with Crippen LogP contribution in [0.1, 0.15) is 17.7 Å². The number of nitrogens with one attached hydrogen (secondary N) is 1. The molecule has 1 unspecified atom stereocenters. The fraction of sp³-hybridized carbons (Fsp3) is 0.333. The SMILES string of the molecule is Cc1ccc(NC(=O)C2CCn3cncc3C2)c(N)c1. The Labute approximate surface area is 117 Å². The number of nitrogens with two attached hydrogens (primary N) is 1. The summed E-state index contributed by atoms with van der Waals surface area (Å²) in [6.45, 7) is 2.82. The first kappa shape index (κ1) is 12.7. The van der Waals surface area contributed by atoms with E-state index in [0.29, 0.717) is 11.4 Å². The number of aromatic nitrogens is 2. The van der Waals surface area contributed by atoms with Crippen LogP contribution in [0.4, 0.5) is 11.4 Å². The second-order valence-corrected chi connectivity index (χ2v) is 5.35. The van der Waals surface area contributed by atoms with Gasteiger partial charge in [0.1, 0.15) is 0 Å². The van der Waals surface area contributed by atoms with E-state index in [-0.39, 0.29) is 11.8 Å². The molecule has 3 rings (SSSR count). The van der Waals surface area contributed by atoms with Gasteiger partial charge >= 0.3 is 0 Å². The molecule has 0 bridgehead atoms. The highest BCUT2D eigenvalue weighted by molar-refractivity contribution is 5.95. The third-order valence-electron chi connectivity index (χ3n) is 3.81. The number of benzene rings is 1. The maximum atomic E-state index is 12.3. The lowest BCUT2D eigenvalue weighted by atomic mass is 9.95. The maximum absolute atomic E-state index is 12.3. The van der Waals surface area contributed by atoms with E-state index in [2.05, 4.69) is 14.9 Å². The van der Waals surface area contributed by atoms with E-state index in [4.69, 9.17) is 5.73 Å². The van der Waals surface area contributed by atoms with E-state index in [9.17, 15) is 4.79 Å². The number of carbonyl (C=O) groups excluding carboxylic acids is 1. The zero-order chi connectivity index (χ0) is 14.1. The Hall–Kier alpha value is -2.30. The quantitative estimate of drug-likeness (QED) is 0.819. The van der Waals surface area contributed by atoms with Crippen molar-refractivity contribution in [3.8, 4) is 0 Å². The van der Waals surface area contributed by atoms with Crippen LogP contribution in [-0.2, 0) is 17.8 Å². The molecule has 20 heavy (non-hydrogen) atoms. The second-order valence-electron chi connectivity index (χ2n) is 5.35. The highest BCUT2D eigenvalue weighted by atomic mass is 16.1. The summed E-state index contributed by atoms with van der Waals surface area (Å²) in [4.78, 5) is 16.5. The van der Waals surface area contributed by atoms with Crippen molar-refractivity contribution in [1.29, 1.82) is 0 Å². The summed E-state index contributed by atoms with van der Waals surface area (Å²) in [5, 5.41) is 2.94. The molecule has 1 atom stereocenters. The van der Waals surface area contributed by atoms with E-state index in [1.807, 2.05) is 37.6 Å². The van der Waals surface area contributed by atoms with Gasteiger partial charge in [-0.1, -0.05) is 6.07 Å². The molecule has 5 nitrogen and oxygen atoms in total. The summed E-state index contributed by atoms with van der Waals surface area (Å²) in [6.07, 6.45) is 5.22. The Kier molecular flexibility index (Phi) is 3.18. The first-order chi connectivity index (χ1) is 9.63. The minimum atomic E-state index is -0.0140. The molecule has 1 aromatic heterocycles. The molecule has 1 aromatic carbocycles. The first-order valence-electron chi connectivity index (χ1n) is 6.79. The number of aryl methyl sites for hydroxylation is 2. The van der Waals surface area contributed by atoms with Crippen LogP contribution in [0.5, 0.6) is 0 Å². The van der Waals surface area contributed by atoms with Gasteiger partial charge in [-0.15, -0.1) is 0 Å². The predicted molar refractivity (Wildman–Crippen MR) is 78.3 cm³/mol. The molecule has 0 spiro atoms. The topological polar surface area (TPSA) is 72.9 Å². The summed E-state index contributed by atoms with van der Waals surface area (Å²) < 4.78 is 2.10. The Morgan fingerprint density at radius 1 is 1.50 bits per heavy atom. The molecule has 104 valence electrons. The largest absolute Gasteiger partial charge is 0.397 e. The fourth-order valence-electron chi connectivity index (χ4n) is 2.62. The lowest BCUT2D eigenvalue weighted by molar-refractivity contribution is -0.120. The van der Waals surface area contributed by atoms with Gasteiger partial charge in [0.15, 0.2) is 0 Å². The van der Waals surface area contributed by atoms with Crippen LogP contribution < -0.4 is 11.1 Å². The Morgan fingerprint density at radius 2 is 2.35 bits per heavy atom. The Morgan fingerprint density at radius 3 is 3.15 bits per heavy atom. The van der Waals surface area contributed by atoms with Crippen LogP contribution in [0.15, 0.2) is 30.7 Å². The maximum Gasteiger partial charge on any atom is 0.228 e. The summed E-state index contributed by atoms with van der Waals surface area (Å²) >= 11 is 0. The number of amides is 1. The van der Waals surface area contributed by atoms with Crippen LogP contribution in [0, 0.1) is 12.8 Å². The van der Waals surface area contributed by atoms with Crippen molar-refractivity contribution >= 4 is 17.3 Å².